The Balaban J connectivity index is 0.964. The van der Waals surface area contributed by atoms with Crippen LogP contribution in [0, 0.1) is 0 Å². The van der Waals surface area contributed by atoms with Crippen LogP contribution in [-0.4, -0.2) is 63.9 Å². The number of aromatic nitrogens is 3. The third kappa shape index (κ3) is 6.50. The van der Waals surface area contributed by atoms with Crippen molar-refractivity contribution in [3.8, 4) is 5.88 Å². The topological polar surface area (TPSA) is 78.2 Å². The molecule has 1 saturated heterocycles. The molecule has 2 aromatic heterocycles. The van der Waals surface area contributed by atoms with Crippen molar-refractivity contribution in [3.05, 3.63) is 95.8 Å². The molecule has 0 atom stereocenters. The molecule has 0 N–H and O–H groups in total. The number of fused-ring (bicyclic) bond motifs is 1. The van der Waals surface area contributed by atoms with Gasteiger partial charge >= 0.3 is 5.97 Å². The number of nitrogens with zero attached hydrogens (tertiary/aromatic N) is 4. The normalized spacial score (nSPS) is 17.1. The van der Waals surface area contributed by atoms with E-state index in [0.717, 1.165) is 57.4 Å². The molecule has 3 heterocycles. The molecule has 0 amide bonds. The van der Waals surface area contributed by atoms with E-state index in [2.05, 4.69) is 63.5 Å². The van der Waals surface area contributed by atoms with E-state index in [1.807, 2.05) is 44.3 Å². The van der Waals surface area contributed by atoms with Gasteiger partial charge < -0.3 is 19.1 Å². The standard InChI is InChI=1S/C34H40N4O4/c1-25(2)41-33(39)34(18-19-34)29-24-38-30(35-29)14-15-31(36-38)40-23-9-20-37-21-16-28(17-22-37)42-32(26-10-5-3-6-11-26)27-12-7-4-8-13-27/h3-8,10-15,24-25,28,32H,9,16-23H2,1-2H3. The van der Waals surface area contributed by atoms with E-state index in [1.165, 1.54) is 11.1 Å². The number of esters is 1. The predicted molar refractivity (Wildman–Crippen MR) is 161 cm³/mol. The second-order valence-electron chi connectivity index (χ2n) is 11.7. The van der Waals surface area contributed by atoms with Crippen LogP contribution in [0.15, 0.2) is 79.0 Å². The molecular formula is C34H40N4O4. The summed E-state index contributed by atoms with van der Waals surface area (Å²) in [4.78, 5) is 19.8. The first-order valence-electron chi connectivity index (χ1n) is 15.2. The fraction of sp³-hybridized carbons (Fsp3) is 0.441. The molecule has 8 nitrogen and oxygen atoms in total. The van der Waals surface area contributed by atoms with E-state index < -0.39 is 5.41 Å². The monoisotopic (exact) mass is 568 g/mol. The number of likely N-dealkylation sites (tertiary alicyclic amines) is 1. The van der Waals surface area contributed by atoms with E-state index in [1.54, 1.807) is 4.52 Å². The largest absolute Gasteiger partial charge is 0.477 e. The lowest BCUT2D eigenvalue weighted by atomic mass is 10.00. The number of imidazole rings is 1. The van der Waals surface area contributed by atoms with Crippen molar-refractivity contribution >= 4 is 11.6 Å². The van der Waals surface area contributed by atoms with Gasteiger partial charge in [-0.2, -0.15) is 0 Å². The molecule has 4 aromatic rings. The Labute approximate surface area is 247 Å². The van der Waals surface area contributed by atoms with E-state index in [0.29, 0.717) is 18.1 Å². The van der Waals surface area contributed by atoms with Crippen LogP contribution in [0.25, 0.3) is 5.65 Å². The number of benzene rings is 2. The van der Waals surface area contributed by atoms with Crippen molar-refractivity contribution in [2.45, 2.75) is 69.7 Å². The number of ether oxygens (including phenoxy) is 3. The van der Waals surface area contributed by atoms with Gasteiger partial charge in [0.2, 0.25) is 5.88 Å². The van der Waals surface area contributed by atoms with Crippen LogP contribution in [0.5, 0.6) is 5.88 Å². The molecule has 1 aliphatic carbocycles. The number of carbonyl (C=O) groups excluding carboxylic acids is 1. The molecule has 6 rings (SSSR count). The lowest BCUT2D eigenvalue weighted by molar-refractivity contribution is -0.150. The van der Waals surface area contributed by atoms with Gasteiger partial charge in [-0.05, 0) is 63.1 Å². The molecule has 0 bridgehead atoms. The zero-order chi connectivity index (χ0) is 28.9. The maximum Gasteiger partial charge on any atom is 0.318 e. The van der Waals surface area contributed by atoms with Crippen LogP contribution in [0.1, 0.15) is 68.9 Å². The molecule has 2 fully saturated rings. The Morgan fingerprint density at radius 2 is 1.62 bits per heavy atom. The fourth-order valence-corrected chi connectivity index (χ4v) is 5.72. The van der Waals surface area contributed by atoms with Gasteiger partial charge in [-0.25, -0.2) is 9.50 Å². The summed E-state index contributed by atoms with van der Waals surface area (Å²) < 4.78 is 19.9. The number of hydrogen-bond donors (Lipinski definition) is 0. The molecule has 2 aromatic carbocycles. The van der Waals surface area contributed by atoms with Crippen molar-refractivity contribution in [1.82, 2.24) is 19.5 Å². The Kier molecular flexibility index (Phi) is 8.53. The first-order valence-corrected chi connectivity index (χ1v) is 15.2. The van der Waals surface area contributed by atoms with Crippen LogP contribution < -0.4 is 4.74 Å². The van der Waals surface area contributed by atoms with Crippen molar-refractivity contribution < 1.29 is 19.0 Å². The molecule has 220 valence electrons. The molecule has 1 saturated carbocycles. The summed E-state index contributed by atoms with van der Waals surface area (Å²) in [5, 5.41) is 4.58. The van der Waals surface area contributed by atoms with E-state index >= 15 is 0 Å². The number of hydrogen-bond acceptors (Lipinski definition) is 7. The van der Waals surface area contributed by atoms with Gasteiger partial charge in [-0.1, -0.05) is 60.7 Å². The highest BCUT2D eigenvalue weighted by molar-refractivity contribution is 5.86. The minimum Gasteiger partial charge on any atom is -0.477 e. The van der Waals surface area contributed by atoms with Gasteiger partial charge in [0.1, 0.15) is 11.5 Å². The van der Waals surface area contributed by atoms with Crippen molar-refractivity contribution in [2.75, 3.05) is 26.2 Å². The SMILES string of the molecule is CC(C)OC(=O)C1(c2cn3nc(OCCCN4CCC(OC(c5ccccc5)c5ccccc5)CC4)ccc3n2)CC1. The molecule has 0 radical (unpaired) electrons. The summed E-state index contributed by atoms with van der Waals surface area (Å²) >= 11 is 0. The summed E-state index contributed by atoms with van der Waals surface area (Å²) in [5.74, 6) is 0.362. The zero-order valence-corrected chi connectivity index (χ0v) is 24.5. The highest BCUT2D eigenvalue weighted by Gasteiger charge is 2.55. The average molecular weight is 569 g/mol. The second kappa shape index (κ2) is 12.6. The lowest BCUT2D eigenvalue weighted by Crippen LogP contribution is -2.38. The minimum absolute atomic E-state index is 0.0440. The predicted octanol–water partition coefficient (Wildman–Crippen LogP) is 5.75. The summed E-state index contributed by atoms with van der Waals surface area (Å²) in [6.45, 7) is 7.34. The van der Waals surface area contributed by atoms with Crippen LogP contribution in [0.2, 0.25) is 0 Å². The minimum atomic E-state index is -0.624. The van der Waals surface area contributed by atoms with Gasteiger partial charge in [0.25, 0.3) is 0 Å². The third-order valence-electron chi connectivity index (χ3n) is 8.21. The Morgan fingerprint density at radius 3 is 2.24 bits per heavy atom. The van der Waals surface area contributed by atoms with Crippen LogP contribution in [0.4, 0.5) is 0 Å². The van der Waals surface area contributed by atoms with Crippen molar-refractivity contribution in [1.29, 1.82) is 0 Å². The molecule has 8 heteroatoms. The quantitative estimate of drug-likeness (QED) is 0.159. The molecular weight excluding hydrogens is 528 g/mol. The number of rotatable bonds is 12. The van der Waals surface area contributed by atoms with Gasteiger partial charge in [0.15, 0.2) is 5.65 Å². The average Bonchev–Trinajstić information content (AvgIpc) is 3.72. The van der Waals surface area contributed by atoms with Crippen LogP contribution in [0.3, 0.4) is 0 Å². The Hall–Kier alpha value is -3.75. The first kappa shape index (κ1) is 28.4. The third-order valence-corrected chi connectivity index (χ3v) is 8.21. The van der Waals surface area contributed by atoms with Gasteiger partial charge in [-0.3, -0.25) is 4.79 Å². The smallest absolute Gasteiger partial charge is 0.318 e. The number of piperidine rings is 1. The Morgan fingerprint density at radius 1 is 0.952 bits per heavy atom. The zero-order valence-electron chi connectivity index (χ0n) is 24.5. The molecule has 0 spiro atoms. The molecule has 0 unspecified atom stereocenters. The highest BCUT2D eigenvalue weighted by Crippen LogP contribution is 2.49. The number of carbonyl (C=O) groups is 1. The van der Waals surface area contributed by atoms with Crippen LogP contribution >= 0.6 is 0 Å². The molecule has 42 heavy (non-hydrogen) atoms. The summed E-state index contributed by atoms with van der Waals surface area (Å²) in [6.07, 6.45) is 6.36. The highest BCUT2D eigenvalue weighted by atomic mass is 16.5. The van der Waals surface area contributed by atoms with Gasteiger partial charge in [0.05, 0.1) is 30.7 Å². The second-order valence-corrected chi connectivity index (χ2v) is 11.7. The summed E-state index contributed by atoms with van der Waals surface area (Å²) in [5.41, 5.74) is 3.20. The lowest BCUT2D eigenvalue weighted by Gasteiger charge is -2.34. The maximum absolute atomic E-state index is 12.6. The van der Waals surface area contributed by atoms with E-state index in [-0.39, 0.29) is 24.3 Å². The van der Waals surface area contributed by atoms with Crippen molar-refractivity contribution in [2.24, 2.45) is 0 Å². The fourth-order valence-electron chi connectivity index (χ4n) is 5.72. The van der Waals surface area contributed by atoms with E-state index in [9.17, 15) is 4.79 Å². The summed E-state index contributed by atoms with van der Waals surface area (Å²) in [7, 11) is 0. The summed E-state index contributed by atoms with van der Waals surface area (Å²) in [6, 6.07) is 24.8. The van der Waals surface area contributed by atoms with Gasteiger partial charge in [0, 0.05) is 25.7 Å². The molecule has 1 aliphatic heterocycles. The van der Waals surface area contributed by atoms with Crippen LogP contribution in [-0.2, 0) is 19.7 Å². The first-order chi connectivity index (χ1) is 20.5. The molecule has 2 aliphatic rings. The van der Waals surface area contributed by atoms with Crippen molar-refractivity contribution in [3.63, 3.8) is 0 Å². The maximum atomic E-state index is 12.6. The van der Waals surface area contributed by atoms with E-state index in [4.69, 9.17) is 14.2 Å². The Bertz CT molecular complexity index is 1420. The van der Waals surface area contributed by atoms with Gasteiger partial charge in [-0.15, -0.1) is 5.10 Å².